The van der Waals surface area contributed by atoms with Gasteiger partial charge in [-0.05, 0) is 53.5 Å². The zero-order valence-corrected chi connectivity index (χ0v) is 48.1. The SMILES string of the molecule is CC(C)[C@H]1C(=O)OC[C@@H](NC(=O)OCC2c3ccccc3-c3ccccc32)C(=O)N[C@@H](C)C(=O)N(C)[C@H](C(=O)N(C)[C@H](C(=O)OC[C@@H](NC(=O)OCc2ccccc2)C(=O)O)C(C)C)CSSC[C@H](N(C)C(=O)[C@H](C)N)C(=O)N1C. The Bertz CT molecular complexity index is 2690. The van der Waals surface area contributed by atoms with Crippen molar-refractivity contribution in [2.45, 2.75) is 102 Å². The van der Waals surface area contributed by atoms with Gasteiger partial charge in [0.05, 0.1) is 6.04 Å². The molecule has 0 bridgehead atoms. The number of fused-ring (bicyclic) bond motifs is 3. The first-order valence-corrected chi connectivity index (χ1v) is 28.4. The Hall–Kier alpha value is -7.38. The second kappa shape index (κ2) is 29.2. The van der Waals surface area contributed by atoms with Crippen LogP contribution >= 0.6 is 21.6 Å². The van der Waals surface area contributed by atoms with Gasteiger partial charge in [0.1, 0.15) is 62.7 Å². The number of carbonyl (C=O) groups excluding carboxylic acids is 9. The third-order valence-corrected chi connectivity index (χ3v) is 16.1. The maximum absolute atomic E-state index is 14.8. The molecule has 0 spiro atoms. The summed E-state index contributed by atoms with van der Waals surface area (Å²) in [6.07, 6.45) is -2.15. The summed E-state index contributed by atoms with van der Waals surface area (Å²) in [5.41, 5.74) is 10.4. The van der Waals surface area contributed by atoms with Crippen LogP contribution in [0.5, 0.6) is 0 Å². The van der Waals surface area contributed by atoms with E-state index in [0.29, 0.717) is 5.56 Å². The summed E-state index contributed by atoms with van der Waals surface area (Å²) in [5, 5.41) is 17.1. The first-order valence-electron chi connectivity index (χ1n) is 25.9. The molecule has 25 heteroatoms. The number of esters is 2. The zero-order valence-electron chi connectivity index (χ0n) is 46.4. The molecule has 8 atom stereocenters. The Balaban J connectivity index is 1.42. The number of hydrogen-bond donors (Lipinski definition) is 5. The summed E-state index contributed by atoms with van der Waals surface area (Å²) in [5.74, 6) is -9.36. The highest BCUT2D eigenvalue weighted by molar-refractivity contribution is 8.76. The van der Waals surface area contributed by atoms with Crippen LogP contribution in [0.3, 0.4) is 0 Å². The number of carboxylic acids is 1. The largest absolute Gasteiger partial charge is 0.480 e. The van der Waals surface area contributed by atoms with Gasteiger partial charge in [0.25, 0.3) is 0 Å². The normalized spacial score (nSPS) is 20.6. The van der Waals surface area contributed by atoms with Gasteiger partial charge in [-0.15, -0.1) is 0 Å². The van der Waals surface area contributed by atoms with E-state index in [2.05, 4.69) is 16.0 Å². The first kappa shape index (κ1) is 63.5. The molecular formula is C55H72N8O15S2. The minimum atomic E-state index is -1.75. The van der Waals surface area contributed by atoms with Crippen LogP contribution in [0, 0.1) is 11.8 Å². The summed E-state index contributed by atoms with van der Waals surface area (Å²) >= 11 is 0. The summed E-state index contributed by atoms with van der Waals surface area (Å²) in [7, 11) is 7.44. The molecule has 1 aliphatic carbocycles. The maximum atomic E-state index is 14.8. The predicted molar refractivity (Wildman–Crippen MR) is 297 cm³/mol. The molecule has 7 amide bonds. The van der Waals surface area contributed by atoms with Crippen molar-refractivity contribution in [3.05, 3.63) is 95.6 Å². The van der Waals surface area contributed by atoms with E-state index in [1.807, 2.05) is 48.5 Å². The van der Waals surface area contributed by atoms with Gasteiger partial charge in [-0.3, -0.25) is 24.0 Å². The molecule has 2 aliphatic rings. The standard InChI is InChI=1S/C55H72N8O15S2/c1-30(2)44-52(71)75-26-40(58-54(73)78-25-39-37-22-16-14-20-35(37)36-21-15-17-23-38(36)39)46(64)57-33(6)48(66)61(8)43(29-80-79-28-42(49(67)62(44)9)60(7)47(65)32(5)56)50(68)63(10)45(31(3)4)53(72)76-27-41(51(69)70)59-55(74)77-24-34-18-12-11-13-19-34/h11-23,30-33,39-45H,24-29,56H2,1-10H3,(H,57,64)(H,58,73)(H,59,74)(H,69,70)/t32-,33-,40+,41+,42-,43-,44-,45-/m0/s1. The van der Waals surface area contributed by atoms with Gasteiger partial charge in [-0.2, -0.15) is 0 Å². The van der Waals surface area contributed by atoms with Crippen molar-refractivity contribution in [3.8, 4) is 11.1 Å². The molecule has 1 fully saturated rings. The van der Waals surface area contributed by atoms with Crippen LogP contribution in [0.2, 0.25) is 0 Å². The molecular weight excluding hydrogens is 1080 g/mol. The Labute approximate surface area is 473 Å². The Kier molecular flexibility index (Phi) is 23.2. The average molecular weight is 1150 g/mol. The fourth-order valence-electron chi connectivity index (χ4n) is 9.28. The molecule has 0 saturated carbocycles. The highest BCUT2D eigenvalue weighted by atomic mass is 33.1. The van der Waals surface area contributed by atoms with E-state index in [1.165, 1.54) is 42.0 Å². The molecule has 23 nitrogen and oxygen atoms in total. The zero-order chi connectivity index (χ0) is 59.1. The topological polar surface area (TPSA) is 303 Å². The number of ether oxygens (including phenoxy) is 4. The lowest BCUT2D eigenvalue weighted by molar-refractivity contribution is -0.160. The lowest BCUT2D eigenvalue weighted by Crippen LogP contribution is -2.60. The molecule has 0 aromatic heterocycles. The maximum Gasteiger partial charge on any atom is 0.408 e. The summed E-state index contributed by atoms with van der Waals surface area (Å²) in [4.78, 5) is 142. The molecule has 0 radical (unpaired) electrons. The lowest BCUT2D eigenvalue weighted by atomic mass is 9.98. The molecule has 5 rings (SSSR count). The van der Waals surface area contributed by atoms with E-state index in [0.717, 1.165) is 63.4 Å². The summed E-state index contributed by atoms with van der Waals surface area (Å²) in [6.45, 7) is 7.36. The second-order valence-electron chi connectivity index (χ2n) is 20.2. The monoisotopic (exact) mass is 1150 g/mol. The average Bonchev–Trinajstić information content (AvgIpc) is 3.82. The minimum Gasteiger partial charge on any atom is -0.480 e. The number of cyclic esters (lactones) is 1. The van der Waals surface area contributed by atoms with Crippen LogP contribution in [-0.4, -0.2) is 192 Å². The number of nitrogens with zero attached hydrogens (tertiary/aromatic N) is 4. The van der Waals surface area contributed by atoms with Gasteiger partial charge >= 0.3 is 30.1 Å². The van der Waals surface area contributed by atoms with Crippen LogP contribution in [0.15, 0.2) is 78.9 Å². The van der Waals surface area contributed by atoms with Crippen LogP contribution in [0.4, 0.5) is 9.59 Å². The molecule has 0 unspecified atom stereocenters. The highest BCUT2D eigenvalue weighted by Crippen LogP contribution is 2.44. The van der Waals surface area contributed by atoms with Crippen molar-refractivity contribution in [1.82, 2.24) is 35.6 Å². The summed E-state index contributed by atoms with van der Waals surface area (Å²) < 4.78 is 22.0. The number of rotatable bonds is 16. The van der Waals surface area contributed by atoms with Crippen LogP contribution in [-0.2, 0) is 63.9 Å². The second-order valence-corrected chi connectivity index (χ2v) is 22.7. The third kappa shape index (κ3) is 16.1. The molecule has 6 N–H and O–H groups in total. The number of carboxylic acid groups (broad SMARTS) is 1. The number of benzene rings is 3. The van der Waals surface area contributed by atoms with Gasteiger partial charge in [0, 0.05) is 45.6 Å². The number of carbonyl (C=O) groups is 10. The molecule has 80 heavy (non-hydrogen) atoms. The fourth-order valence-corrected chi connectivity index (χ4v) is 11.8. The van der Waals surface area contributed by atoms with Gasteiger partial charge in [0.15, 0.2) is 6.04 Å². The van der Waals surface area contributed by atoms with E-state index in [4.69, 9.17) is 24.7 Å². The summed E-state index contributed by atoms with van der Waals surface area (Å²) in [6, 6.07) is 12.8. The van der Waals surface area contributed by atoms with E-state index < -0.39 is 133 Å². The van der Waals surface area contributed by atoms with E-state index in [1.54, 1.807) is 58.0 Å². The lowest BCUT2D eigenvalue weighted by Gasteiger charge is -2.37. The Morgan fingerprint density at radius 1 is 0.800 bits per heavy atom. The van der Waals surface area contributed by atoms with Crippen LogP contribution < -0.4 is 21.7 Å². The Morgan fingerprint density at radius 2 is 1.39 bits per heavy atom. The fraction of sp³-hybridized carbons (Fsp3) is 0.491. The van der Waals surface area contributed by atoms with Crippen LogP contribution in [0.25, 0.3) is 11.1 Å². The van der Waals surface area contributed by atoms with E-state index in [-0.39, 0.29) is 30.6 Å². The molecule has 1 saturated heterocycles. The van der Waals surface area contributed by atoms with Crippen LogP contribution in [0.1, 0.15) is 64.2 Å². The molecule has 1 aliphatic heterocycles. The number of likely N-dealkylation sites (N-methyl/N-ethyl adjacent to an activating group) is 4. The highest BCUT2D eigenvalue weighted by Gasteiger charge is 2.42. The van der Waals surface area contributed by atoms with Gasteiger partial charge in [-0.1, -0.05) is 128 Å². The number of aliphatic carboxylic acids is 1. The molecule has 3 aromatic carbocycles. The van der Waals surface area contributed by atoms with Crippen molar-refractivity contribution in [2.24, 2.45) is 17.6 Å². The van der Waals surface area contributed by atoms with Crippen molar-refractivity contribution in [3.63, 3.8) is 0 Å². The smallest absolute Gasteiger partial charge is 0.408 e. The number of amides is 7. The number of hydrogen-bond acceptors (Lipinski definition) is 17. The van der Waals surface area contributed by atoms with Crippen molar-refractivity contribution in [2.75, 3.05) is 59.5 Å². The predicted octanol–water partition coefficient (Wildman–Crippen LogP) is 3.23. The van der Waals surface area contributed by atoms with E-state index >= 15 is 0 Å². The van der Waals surface area contributed by atoms with Gasteiger partial charge in [0.2, 0.25) is 29.5 Å². The number of nitrogens with one attached hydrogen (secondary N) is 3. The van der Waals surface area contributed by atoms with Gasteiger partial charge < -0.3 is 65.3 Å². The minimum absolute atomic E-state index is 0.116. The quantitative estimate of drug-likeness (QED) is 0.0781. The first-order chi connectivity index (χ1) is 37.8. The number of alkyl carbamates (subject to hydrolysis) is 2. The van der Waals surface area contributed by atoms with Crippen molar-refractivity contribution < 1.29 is 72.0 Å². The molecule has 434 valence electrons. The Morgan fingerprint density at radius 3 is 1.96 bits per heavy atom. The van der Waals surface area contributed by atoms with E-state index in [9.17, 15) is 53.1 Å². The third-order valence-electron chi connectivity index (χ3n) is 13.7. The van der Waals surface area contributed by atoms with Gasteiger partial charge in [-0.25, -0.2) is 24.0 Å². The van der Waals surface area contributed by atoms with Crippen molar-refractivity contribution in [1.29, 1.82) is 0 Å². The molecule has 3 aromatic rings. The number of nitrogens with two attached hydrogens (primary N) is 1. The molecule has 1 heterocycles. The van der Waals surface area contributed by atoms with Crippen molar-refractivity contribution >= 4 is 81.2 Å².